The van der Waals surface area contributed by atoms with Crippen molar-refractivity contribution < 1.29 is 30.7 Å². The first-order valence-corrected chi connectivity index (χ1v) is 7.33. The average molecular weight is 373 g/mol. The molecule has 0 saturated carbocycles. The van der Waals surface area contributed by atoms with Crippen LogP contribution < -0.4 is 0 Å². The first kappa shape index (κ1) is 18.2. The molecule has 2 aromatic carbocycles. The van der Waals surface area contributed by atoms with Gasteiger partial charge < -0.3 is 0 Å². The largest absolute Gasteiger partial charge is 0.426 e. The van der Waals surface area contributed by atoms with E-state index in [2.05, 4.69) is 4.99 Å². The number of hydrogen-bond acceptors (Lipinski definition) is 1. The average Bonchev–Trinajstić information content (AvgIpc) is 2.98. The summed E-state index contributed by atoms with van der Waals surface area (Å²) in [6.07, 6.45) is -11.3. The number of alkyl halides is 6. The van der Waals surface area contributed by atoms with Gasteiger partial charge in [0.1, 0.15) is 5.82 Å². The van der Waals surface area contributed by atoms with Crippen molar-refractivity contribution in [3.63, 3.8) is 0 Å². The Morgan fingerprint density at radius 3 is 1.73 bits per heavy atom. The molecular formula is C18H10F7N. The molecular weight excluding hydrogens is 363 g/mol. The lowest BCUT2D eigenvalue weighted by Crippen LogP contribution is -2.53. The van der Waals surface area contributed by atoms with Crippen LogP contribution in [0.1, 0.15) is 11.1 Å². The molecule has 0 atom stereocenters. The van der Waals surface area contributed by atoms with E-state index in [0.29, 0.717) is 0 Å². The van der Waals surface area contributed by atoms with Gasteiger partial charge in [0.2, 0.25) is 0 Å². The number of allylic oxidation sites excluding steroid dienone is 1. The fourth-order valence-corrected chi connectivity index (χ4v) is 2.66. The van der Waals surface area contributed by atoms with Crippen molar-refractivity contribution in [3.8, 4) is 0 Å². The Balaban J connectivity index is 2.28. The van der Waals surface area contributed by atoms with Gasteiger partial charge in [-0.15, -0.1) is 0 Å². The van der Waals surface area contributed by atoms with Crippen molar-refractivity contribution in [3.05, 3.63) is 77.6 Å². The summed E-state index contributed by atoms with van der Waals surface area (Å²) in [6, 6.07) is 11.4. The minimum atomic E-state index is -5.69. The highest BCUT2D eigenvalue weighted by Crippen LogP contribution is 2.51. The van der Waals surface area contributed by atoms with Crippen molar-refractivity contribution in [2.45, 2.75) is 17.9 Å². The van der Waals surface area contributed by atoms with Crippen molar-refractivity contribution >= 4 is 11.3 Å². The predicted octanol–water partition coefficient (Wildman–Crippen LogP) is 5.58. The Kier molecular flexibility index (Phi) is 4.17. The highest BCUT2D eigenvalue weighted by Gasteiger charge is 2.72. The molecule has 8 heteroatoms. The van der Waals surface area contributed by atoms with E-state index in [0.717, 1.165) is 24.3 Å². The van der Waals surface area contributed by atoms with E-state index in [9.17, 15) is 30.7 Å². The number of halogens is 7. The summed E-state index contributed by atoms with van der Waals surface area (Å²) in [7, 11) is 0. The Morgan fingerprint density at radius 2 is 1.23 bits per heavy atom. The van der Waals surface area contributed by atoms with Gasteiger partial charge in [-0.25, -0.2) is 4.39 Å². The van der Waals surface area contributed by atoms with Crippen molar-refractivity contribution in [2.75, 3.05) is 0 Å². The van der Waals surface area contributed by atoms with Gasteiger partial charge in [-0.05, 0) is 35.9 Å². The SMILES string of the molecule is Fc1ccc(C2=NC(C(F)(F)F)(C(F)(F)F)C=C2c2ccccc2)cc1. The normalized spacial score (nSPS) is 17.0. The number of aliphatic imine (C=N–C) groups is 1. The number of rotatable bonds is 2. The van der Waals surface area contributed by atoms with Gasteiger partial charge in [-0.3, -0.25) is 4.99 Å². The molecule has 1 aliphatic rings. The number of nitrogens with zero attached hydrogens (tertiary/aromatic N) is 1. The molecule has 2 aromatic rings. The van der Waals surface area contributed by atoms with Gasteiger partial charge in [0, 0.05) is 11.1 Å². The maximum absolute atomic E-state index is 13.4. The first-order valence-electron chi connectivity index (χ1n) is 7.33. The minimum absolute atomic E-state index is 0.0446. The molecule has 3 rings (SSSR count). The monoisotopic (exact) mass is 373 g/mol. The van der Waals surface area contributed by atoms with E-state index in [1.54, 1.807) is 6.07 Å². The third kappa shape index (κ3) is 2.89. The van der Waals surface area contributed by atoms with Crippen LogP contribution in [-0.4, -0.2) is 23.6 Å². The zero-order valence-electron chi connectivity index (χ0n) is 12.9. The summed E-state index contributed by atoms with van der Waals surface area (Å²) in [5.74, 6) is -0.671. The van der Waals surface area contributed by atoms with Gasteiger partial charge >= 0.3 is 12.4 Å². The molecule has 0 saturated heterocycles. The van der Waals surface area contributed by atoms with Gasteiger partial charge in [0.15, 0.2) is 0 Å². The molecule has 0 N–H and O–H groups in total. The van der Waals surface area contributed by atoms with Gasteiger partial charge in [-0.2, -0.15) is 26.3 Å². The number of benzene rings is 2. The van der Waals surface area contributed by atoms with Crippen molar-refractivity contribution in [2.24, 2.45) is 4.99 Å². The number of hydrogen-bond donors (Lipinski definition) is 0. The molecule has 0 fully saturated rings. The highest BCUT2D eigenvalue weighted by molar-refractivity contribution is 6.33. The van der Waals surface area contributed by atoms with E-state index in [1.165, 1.54) is 24.3 Å². The van der Waals surface area contributed by atoms with Crippen LogP contribution in [0, 0.1) is 5.82 Å². The zero-order chi connectivity index (χ0) is 19.2. The molecule has 0 bridgehead atoms. The van der Waals surface area contributed by atoms with E-state index >= 15 is 0 Å². The maximum atomic E-state index is 13.4. The predicted molar refractivity (Wildman–Crippen MR) is 82.2 cm³/mol. The topological polar surface area (TPSA) is 12.4 Å². The van der Waals surface area contributed by atoms with Gasteiger partial charge in [-0.1, -0.05) is 30.3 Å². The molecule has 136 valence electrons. The van der Waals surface area contributed by atoms with Crippen LogP contribution in [0.4, 0.5) is 30.7 Å². The highest BCUT2D eigenvalue weighted by atomic mass is 19.4. The van der Waals surface area contributed by atoms with Crippen molar-refractivity contribution in [1.29, 1.82) is 0 Å². The van der Waals surface area contributed by atoms with Crippen LogP contribution >= 0.6 is 0 Å². The van der Waals surface area contributed by atoms with Gasteiger partial charge in [0.05, 0.1) is 5.71 Å². The quantitative estimate of drug-likeness (QED) is 0.610. The third-order valence-electron chi connectivity index (χ3n) is 3.96. The Bertz CT molecular complexity index is 845. The zero-order valence-corrected chi connectivity index (χ0v) is 12.9. The van der Waals surface area contributed by atoms with Crippen LogP contribution in [0.5, 0.6) is 0 Å². The van der Waals surface area contributed by atoms with Crippen LogP contribution in [0.3, 0.4) is 0 Å². The van der Waals surface area contributed by atoms with Crippen LogP contribution in [0.25, 0.3) is 5.57 Å². The molecule has 0 aromatic heterocycles. The summed E-state index contributed by atoms with van der Waals surface area (Å²) in [4.78, 5) is 3.07. The summed E-state index contributed by atoms with van der Waals surface area (Å²) in [5.41, 5.74) is -5.06. The lowest BCUT2D eigenvalue weighted by atomic mass is 9.93. The first-order chi connectivity index (χ1) is 12.1. The van der Waals surface area contributed by atoms with E-state index in [4.69, 9.17) is 0 Å². The van der Waals surface area contributed by atoms with Crippen molar-refractivity contribution in [1.82, 2.24) is 0 Å². The minimum Gasteiger partial charge on any atom is -0.255 e. The smallest absolute Gasteiger partial charge is 0.255 e. The summed E-state index contributed by atoms with van der Waals surface area (Å²) in [5, 5.41) is 0. The van der Waals surface area contributed by atoms with Gasteiger partial charge in [0.25, 0.3) is 5.54 Å². The molecule has 1 aliphatic heterocycles. The molecule has 0 unspecified atom stereocenters. The molecule has 0 aliphatic carbocycles. The second-order valence-corrected chi connectivity index (χ2v) is 5.65. The lowest BCUT2D eigenvalue weighted by molar-refractivity contribution is -0.277. The Morgan fingerprint density at radius 1 is 0.692 bits per heavy atom. The van der Waals surface area contributed by atoms with E-state index in [1.807, 2.05) is 0 Å². The summed E-state index contributed by atoms with van der Waals surface area (Å²) >= 11 is 0. The summed E-state index contributed by atoms with van der Waals surface area (Å²) in [6.45, 7) is 0. The lowest BCUT2D eigenvalue weighted by Gasteiger charge is -2.29. The third-order valence-corrected chi connectivity index (χ3v) is 3.96. The van der Waals surface area contributed by atoms with Crippen LogP contribution in [0.2, 0.25) is 0 Å². The fraction of sp³-hybridized carbons (Fsp3) is 0.167. The Labute approximate surface area is 143 Å². The molecule has 0 amide bonds. The van der Waals surface area contributed by atoms with Crippen LogP contribution in [0.15, 0.2) is 65.7 Å². The Hall–Kier alpha value is -2.64. The second-order valence-electron chi connectivity index (χ2n) is 5.65. The molecule has 0 spiro atoms. The van der Waals surface area contributed by atoms with Crippen LogP contribution in [-0.2, 0) is 0 Å². The van der Waals surface area contributed by atoms with E-state index < -0.39 is 29.4 Å². The standard InChI is InChI=1S/C18H10F7N/c19-13-8-6-12(7-9-13)15-14(11-4-2-1-3-5-11)10-16(26-15,17(20,21)22)18(23,24)25/h1-10H. The fourth-order valence-electron chi connectivity index (χ4n) is 2.66. The second kappa shape index (κ2) is 5.96. The molecule has 26 heavy (non-hydrogen) atoms. The van der Waals surface area contributed by atoms with E-state index in [-0.39, 0.29) is 22.8 Å². The maximum Gasteiger partial charge on any atom is 0.426 e. The molecule has 1 heterocycles. The molecule has 0 radical (unpaired) electrons. The summed E-state index contributed by atoms with van der Waals surface area (Å²) < 4.78 is 93.6. The molecule has 1 nitrogen and oxygen atoms in total.